The Hall–Kier alpha value is -1.46. The Balaban J connectivity index is 2.23. The number of methoxy groups -OCH3 is 1. The first-order valence-corrected chi connectivity index (χ1v) is 6.68. The molecule has 0 spiro atoms. The van der Waals surface area contributed by atoms with E-state index in [0.717, 1.165) is 39.9 Å². The van der Waals surface area contributed by atoms with E-state index in [1.165, 1.54) is 0 Å². The minimum Gasteiger partial charge on any atom is -0.496 e. The van der Waals surface area contributed by atoms with Crippen molar-refractivity contribution < 1.29 is 4.74 Å². The van der Waals surface area contributed by atoms with Gasteiger partial charge in [-0.05, 0) is 25.6 Å². The smallest absolute Gasteiger partial charge is 0.147 e. The summed E-state index contributed by atoms with van der Waals surface area (Å²) in [6, 6.07) is 6.11. The SMILES string of the molecule is CNCCc1nnc(-c2ccc(C)c(OC)c2)s1. The summed E-state index contributed by atoms with van der Waals surface area (Å²) in [4.78, 5) is 0. The zero-order valence-corrected chi connectivity index (χ0v) is 11.7. The van der Waals surface area contributed by atoms with Gasteiger partial charge in [0.2, 0.25) is 0 Å². The van der Waals surface area contributed by atoms with Crippen molar-refractivity contribution in [1.29, 1.82) is 0 Å². The summed E-state index contributed by atoms with van der Waals surface area (Å²) in [6.45, 7) is 2.95. The van der Waals surface area contributed by atoms with Gasteiger partial charge in [0, 0.05) is 18.5 Å². The molecule has 1 aromatic heterocycles. The highest BCUT2D eigenvalue weighted by molar-refractivity contribution is 7.14. The van der Waals surface area contributed by atoms with Crippen molar-refractivity contribution in [2.24, 2.45) is 0 Å². The van der Waals surface area contributed by atoms with Crippen LogP contribution in [0.1, 0.15) is 10.6 Å². The van der Waals surface area contributed by atoms with E-state index in [2.05, 4.69) is 21.6 Å². The van der Waals surface area contributed by atoms with E-state index >= 15 is 0 Å². The molecule has 0 aliphatic rings. The fraction of sp³-hybridized carbons (Fsp3) is 0.385. The number of benzene rings is 1. The minimum absolute atomic E-state index is 0.888. The van der Waals surface area contributed by atoms with Crippen LogP contribution in [0, 0.1) is 6.92 Å². The molecule has 2 aromatic rings. The van der Waals surface area contributed by atoms with Crippen LogP contribution in [0.3, 0.4) is 0 Å². The number of nitrogens with zero attached hydrogens (tertiary/aromatic N) is 2. The highest BCUT2D eigenvalue weighted by Gasteiger charge is 2.08. The molecular formula is C13H17N3OS. The van der Waals surface area contributed by atoms with Crippen LogP contribution in [0.15, 0.2) is 18.2 Å². The van der Waals surface area contributed by atoms with Crippen molar-refractivity contribution in [2.45, 2.75) is 13.3 Å². The lowest BCUT2D eigenvalue weighted by atomic mass is 10.1. The van der Waals surface area contributed by atoms with E-state index in [4.69, 9.17) is 4.74 Å². The van der Waals surface area contributed by atoms with Crippen molar-refractivity contribution in [3.05, 3.63) is 28.8 Å². The highest BCUT2D eigenvalue weighted by Crippen LogP contribution is 2.28. The molecule has 18 heavy (non-hydrogen) atoms. The van der Waals surface area contributed by atoms with Gasteiger partial charge in [-0.25, -0.2) is 0 Å². The number of likely N-dealkylation sites (N-methyl/N-ethyl adjacent to an activating group) is 1. The van der Waals surface area contributed by atoms with Crippen LogP contribution in [0.4, 0.5) is 0 Å². The van der Waals surface area contributed by atoms with Crippen LogP contribution in [-0.2, 0) is 6.42 Å². The van der Waals surface area contributed by atoms with Gasteiger partial charge in [0.15, 0.2) is 0 Å². The molecule has 1 aromatic carbocycles. The average Bonchev–Trinajstić information content (AvgIpc) is 2.85. The Labute approximate surface area is 111 Å². The van der Waals surface area contributed by atoms with E-state index in [1.807, 2.05) is 26.1 Å². The number of hydrogen-bond acceptors (Lipinski definition) is 5. The van der Waals surface area contributed by atoms with Crippen molar-refractivity contribution in [3.63, 3.8) is 0 Å². The zero-order chi connectivity index (χ0) is 13.0. The van der Waals surface area contributed by atoms with Gasteiger partial charge in [-0.3, -0.25) is 0 Å². The second kappa shape index (κ2) is 5.93. The third-order valence-electron chi connectivity index (χ3n) is 2.71. The van der Waals surface area contributed by atoms with Crippen LogP contribution in [0.25, 0.3) is 10.6 Å². The van der Waals surface area contributed by atoms with Crippen LogP contribution in [0.2, 0.25) is 0 Å². The van der Waals surface area contributed by atoms with Gasteiger partial charge in [-0.1, -0.05) is 23.5 Å². The predicted octanol–water partition coefficient (Wildman–Crippen LogP) is 2.28. The van der Waals surface area contributed by atoms with Crippen LogP contribution in [-0.4, -0.2) is 30.9 Å². The molecule has 1 heterocycles. The molecule has 0 saturated heterocycles. The van der Waals surface area contributed by atoms with Crippen molar-refractivity contribution >= 4 is 11.3 Å². The van der Waals surface area contributed by atoms with Gasteiger partial charge < -0.3 is 10.1 Å². The largest absolute Gasteiger partial charge is 0.496 e. The summed E-state index contributed by atoms with van der Waals surface area (Å²) in [6.07, 6.45) is 0.914. The number of rotatable bonds is 5. The topological polar surface area (TPSA) is 47.0 Å². The van der Waals surface area contributed by atoms with Gasteiger partial charge in [0.1, 0.15) is 15.8 Å². The summed E-state index contributed by atoms with van der Waals surface area (Å²) in [5.74, 6) is 0.888. The second-order valence-corrected chi connectivity index (χ2v) is 5.10. The lowest BCUT2D eigenvalue weighted by molar-refractivity contribution is 0.412. The Morgan fingerprint density at radius 1 is 1.33 bits per heavy atom. The van der Waals surface area contributed by atoms with Crippen molar-refractivity contribution in [2.75, 3.05) is 20.7 Å². The first kappa shape index (κ1) is 13.0. The minimum atomic E-state index is 0.888. The molecule has 0 bridgehead atoms. The monoisotopic (exact) mass is 263 g/mol. The summed E-state index contributed by atoms with van der Waals surface area (Å²) < 4.78 is 5.33. The maximum Gasteiger partial charge on any atom is 0.147 e. The lowest BCUT2D eigenvalue weighted by Gasteiger charge is -2.05. The third kappa shape index (κ3) is 2.86. The Morgan fingerprint density at radius 2 is 2.17 bits per heavy atom. The summed E-state index contributed by atoms with van der Waals surface area (Å²) in [7, 11) is 3.62. The Kier molecular flexibility index (Phi) is 4.28. The standard InChI is InChI=1S/C13H17N3OS/c1-9-4-5-10(8-11(9)17-3)13-16-15-12(18-13)6-7-14-2/h4-5,8,14H,6-7H2,1-3H3. The molecule has 0 aliphatic carbocycles. The average molecular weight is 263 g/mol. The number of ether oxygens (including phenoxy) is 1. The first-order chi connectivity index (χ1) is 8.74. The van der Waals surface area contributed by atoms with Gasteiger partial charge in [0.25, 0.3) is 0 Å². The Bertz CT molecular complexity index is 525. The lowest BCUT2D eigenvalue weighted by Crippen LogP contribution is -2.09. The summed E-state index contributed by atoms with van der Waals surface area (Å²) in [5.41, 5.74) is 2.19. The number of hydrogen-bond donors (Lipinski definition) is 1. The summed E-state index contributed by atoms with van der Waals surface area (Å²) >= 11 is 1.63. The molecule has 2 rings (SSSR count). The number of aromatic nitrogens is 2. The fourth-order valence-corrected chi connectivity index (χ4v) is 2.49. The molecule has 1 N–H and O–H groups in total. The molecule has 4 nitrogen and oxygen atoms in total. The van der Waals surface area contributed by atoms with Gasteiger partial charge in [-0.2, -0.15) is 0 Å². The van der Waals surface area contributed by atoms with Crippen LogP contribution < -0.4 is 10.1 Å². The maximum absolute atomic E-state index is 5.33. The molecule has 0 amide bonds. The normalized spacial score (nSPS) is 10.6. The first-order valence-electron chi connectivity index (χ1n) is 5.86. The van der Waals surface area contributed by atoms with Crippen LogP contribution in [0.5, 0.6) is 5.75 Å². The number of aryl methyl sites for hydroxylation is 1. The van der Waals surface area contributed by atoms with E-state index in [9.17, 15) is 0 Å². The van der Waals surface area contributed by atoms with Crippen LogP contribution >= 0.6 is 11.3 Å². The molecule has 5 heteroatoms. The zero-order valence-electron chi connectivity index (χ0n) is 10.9. The number of nitrogens with one attached hydrogen (secondary N) is 1. The second-order valence-electron chi connectivity index (χ2n) is 4.04. The van der Waals surface area contributed by atoms with E-state index < -0.39 is 0 Å². The molecule has 0 unspecified atom stereocenters. The Morgan fingerprint density at radius 3 is 2.89 bits per heavy atom. The molecular weight excluding hydrogens is 246 g/mol. The van der Waals surface area contributed by atoms with E-state index in [-0.39, 0.29) is 0 Å². The van der Waals surface area contributed by atoms with Gasteiger partial charge >= 0.3 is 0 Å². The van der Waals surface area contributed by atoms with E-state index in [1.54, 1.807) is 18.4 Å². The third-order valence-corrected chi connectivity index (χ3v) is 3.74. The molecule has 0 aliphatic heterocycles. The molecule has 0 saturated carbocycles. The van der Waals surface area contributed by atoms with Gasteiger partial charge in [0.05, 0.1) is 7.11 Å². The quantitative estimate of drug-likeness (QED) is 0.899. The van der Waals surface area contributed by atoms with E-state index in [0.29, 0.717) is 0 Å². The predicted molar refractivity (Wildman–Crippen MR) is 74.3 cm³/mol. The molecule has 96 valence electrons. The van der Waals surface area contributed by atoms with Crippen molar-refractivity contribution in [1.82, 2.24) is 15.5 Å². The molecule has 0 radical (unpaired) electrons. The fourth-order valence-electron chi connectivity index (χ4n) is 1.66. The molecule has 0 atom stereocenters. The van der Waals surface area contributed by atoms with Crippen molar-refractivity contribution in [3.8, 4) is 16.3 Å². The maximum atomic E-state index is 5.33. The van der Waals surface area contributed by atoms with Gasteiger partial charge in [-0.15, -0.1) is 10.2 Å². The summed E-state index contributed by atoms with van der Waals surface area (Å²) in [5, 5.41) is 13.5. The highest BCUT2D eigenvalue weighted by atomic mass is 32.1. The molecule has 0 fully saturated rings.